The fourth-order valence-corrected chi connectivity index (χ4v) is 2.41. The van der Waals surface area contributed by atoms with Gasteiger partial charge in [-0.3, -0.25) is 9.59 Å². The van der Waals surface area contributed by atoms with Crippen LogP contribution in [0.5, 0.6) is 11.5 Å². The summed E-state index contributed by atoms with van der Waals surface area (Å²) < 4.78 is 10.4. The number of carbonyl (C=O) groups excluding carboxylic acids is 2. The number of nitrogens with two attached hydrogens (primary N) is 1. The van der Waals surface area contributed by atoms with Crippen LogP contribution in [-0.2, 0) is 9.59 Å². The van der Waals surface area contributed by atoms with E-state index >= 15 is 0 Å². The van der Waals surface area contributed by atoms with Crippen molar-refractivity contribution in [3.8, 4) is 17.6 Å². The summed E-state index contributed by atoms with van der Waals surface area (Å²) in [7, 11) is 3.02. The molecule has 8 heteroatoms. The van der Waals surface area contributed by atoms with Crippen molar-refractivity contribution in [2.45, 2.75) is 6.92 Å². The first-order chi connectivity index (χ1) is 13.4. The number of benzene rings is 2. The molecular weight excluding hydrogens is 360 g/mol. The number of methoxy groups -OCH3 is 2. The number of carbonyl (C=O) groups is 2. The number of nitrogens with zero attached hydrogens (tertiary/aromatic N) is 2. The van der Waals surface area contributed by atoms with Gasteiger partial charge in [0.05, 0.1) is 19.9 Å². The molecule has 0 spiro atoms. The van der Waals surface area contributed by atoms with E-state index in [4.69, 9.17) is 15.2 Å². The Morgan fingerprint density at radius 1 is 1.11 bits per heavy atom. The highest BCUT2D eigenvalue weighted by molar-refractivity contribution is 6.21. The molecule has 0 heterocycles. The van der Waals surface area contributed by atoms with Crippen molar-refractivity contribution in [2.75, 3.05) is 30.2 Å². The van der Waals surface area contributed by atoms with Crippen LogP contribution in [0.2, 0.25) is 0 Å². The van der Waals surface area contributed by atoms with Crippen LogP contribution in [0.4, 0.5) is 17.1 Å². The summed E-state index contributed by atoms with van der Waals surface area (Å²) in [4.78, 5) is 25.7. The van der Waals surface area contributed by atoms with Gasteiger partial charge in [-0.15, -0.1) is 0 Å². The van der Waals surface area contributed by atoms with Crippen LogP contribution in [0.3, 0.4) is 0 Å². The molecule has 0 aromatic heterocycles. The van der Waals surface area contributed by atoms with Crippen molar-refractivity contribution in [1.29, 1.82) is 5.26 Å². The van der Waals surface area contributed by atoms with Gasteiger partial charge in [0, 0.05) is 30.6 Å². The van der Waals surface area contributed by atoms with Crippen LogP contribution in [0.1, 0.15) is 6.92 Å². The zero-order chi connectivity index (χ0) is 20.7. The molecule has 0 unspecified atom stereocenters. The van der Waals surface area contributed by atoms with Crippen LogP contribution in [-0.4, -0.2) is 26.0 Å². The highest BCUT2D eigenvalue weighted by Gasteiger charge is 2.24. The normalized spacial score (nSPS) is 10.6. The Morgan fingerprint density at radius 3 is 2.29 bits per heavy atom. The van der Waals surface area contributed by atoms with Crippen LogP contribution in [0, 0.1) is 11.3 Å². The predicted molar refractivity (Wildman–Crippen MR) is 106 cm³/mol. The number of anilines is 3. The number of nitrogens with one attached hydrogen (secondary N) is 1. The Kier molecular flexibility index (Phi) is 6.60. The Balaban J connectivity index is 2.29. The van der Waals surface area contributed by atoms with Crippen LogP contribution in [0.25, 0.3) is 0 Å². The third-order valence-electron chi connectivity index (χ3n) is 3.79. The minimum atomic E-state index is -0.757. The van der Waals surface area contributed by atoms with Gasteiger partial charge in [-0.1, -0.05) is 0 Å². The van der Waals surface area contributed by atoms with Crippen molar-refractivity contribution in [3.63, 3.8) is 0 Å². The molecule has 0 aliphatic carbocycles. The summed E-state index contributed by atoms with van der Waals surface area (Å²) in [6.07, 6.45) is 1.23. The zero-order valence-electron chi connectivity index (χ0n) is 15.7. The topological polar surface area (TPSA) is 118 Å². The summed E-state index contributed by atoms with van der Waals surface area (Å²) in [6.45, 7) is 1.24. The third kappa shape index (κ3) is 4.59. The molecular formula is C20H20N4O4. The summed E-state index contributed by atoms with van der Waals surface area (Å²) in [6, 6.07) is 13.0. The second-order valence-corrected chi connectivity index (χ2v) is 5.64. The van der Waals surface area contributed by atoms with Gasteiger partial charge < -0.3 is 20.5 Å². The highest BCUT2D eigenvalue weighted by atomic mass is 16.5. The first-order valence-electron chi connectivity index (χ1n) is 8.20. The van der Waals surface area contributed by atoms with E-state index in [-0.39, 0.29) is 5.57 Å². The SMILES string of the molecule is COc1ccc(N/C=C(/C#N)C(=O)N(C(C)=O)c2ccc(N)cc2)cc1OC. The number of ether oxygens (including phenoxy) is 2. The van der Waals surface area contributed by atoms with Crippen LogP contribution < -0.4 is 25.4 Å². The zero-order valence-corrected chi connectivity index (χ0v) is 15.7. The number of rotatable bonds is 6. The van der Waals surface area contributed by atoms with E-state index in [0.29, 0.717) is 28.6 Å². The predicted octanol–water partition coefficient (Wildman–Crippen LogP) is 2.69. The van der Waals surface area contributed by atoms with Gasteiger partial charge >= 0.3 is 0 Å². The number of amides is 2. The minimum Gasteiger partial charge on any atom is -0.493 e. The van der Waals surface area contributed by atoms with E-state index in [0.717, 1.165) is 4.90 Å². The molecule has 144 valence electrons. The second kappa shape index (κ2) is 9.09. The largest absolute Gasteiger partial charge is 0.493 e. The average Bonchev–Trinajstić information content (AvgIpc) is 2.69. The summed E-state index contributed by atoms with van der Waals surface area (Å²) >= 11 is 0. The second-order valence-electron chi connectivity index (χ2n) is 5.64. The van der Waals surface area contributed by atoms with Crippen molar-refractivity contribution in [1.82, 2.24) is 0 Å². The number of imide groups is 1. The van der Waals surface area contributed by atoms with Gasteiger partial charge in [0.15, 0.2) is 11.5 Å². The Labute approximate surface area is 162 Å². The molecule has 2 aromatic rings. The van der Waals surface area contributed by atoms with E-state index in [9.17, 15) is 14.9 Å². The van der Waals surface area contributed by atoms with E-state index in [1.807, 2.05) is 6.07 Å². The summed E-state index contributed by atoms with van der Waals surface area (Å²) in [5.74, 6) is -0.257. The van der Waals surface area contributed by atoms with Gasteiger partial charge in [-0.2, -0.15) is 5.26 Å². The molecule has 0 aliphatic heterocycles. The molecule has 0 aliphatic rings. The van der Waals surface area contributed by atoms with Crippen molar-refractivity contribution in [3.05, 3.63) is 54.2 Å². The molecule has 0 saturated carbocycles. The molecule has 8 nitrogen and oxygen atoms in total. The first-order valence-corrected chi connectivity index (χ1v) is 8.20. The Hall–Kier alpha value is -3.99. The average molecular weight is 380 g/mol. The third-order valence-corrected chi connectivity index (χ3v) is 3.79. The molecule has 0 radical (unpaired) electrons. The molecule has 28 heavy (non-hydrogen) atoms. The Morgan fingerprint density at radius 2 is 1.75 bits per heavy atom. The maximum Gasteiger partial charge on any atom is 0.277 e. The van der Waals surface area contributed by atoms with Crippen LogP contribution >= 0.6 is 0 Å². The maximum absolute atomic E-state index is 12.7. The van der Waals surface area contributed by atoms with Gasteiger partial charge in [-0.25, -0.2) is 4.90 Å². The van der Waals surface area contributed by atoms with E-state index in [1.54, 1.807) is 30.3 Å². The smallest absolute Gasteiger partial charge is 0.277 e. The lowest BCUT2D eigenvalue weighted by Crippen LogP contribution is -2.36. The van der Waals surface area contributed by atoms with E-state index in [2.05, 4.69) is 5.32 Å². The number of hydrogen-bond acceptors (Lipinski definition) is 7. The van der Waals surface area contributed by atoms with Crippen LogP contribution in [0.15, 0.2) is 54.2 Å². The summed E-state index contributed by atoms with van der Waals surface area (Å²) in [5.41, 5.74) is 6.77. The number of nitrogen functional groups attached to an aromatic ring is 1. The molecule has 0 atom stereocenters. The fraction of sp³-hybridized carbons (Fsp3) is 0.150. The number of hydrogen-bond donors (Lipinski definition) is 2. The van der Waals surface area contributed by atoms with Gasteiger partial charge in [0.25, 0.3) is 5.91 Å². The molecule has 3 N–H and O–H groups in total. The van der Waals surface area contributed by atoms with Gasteiger partial charge in [0.2, 0.25) is 5.91 Å². The quantitative estimate of drug-likeness (QED) is 0.449. The summed E-state index contributed by atoms with van der Waals surface area (Å²) in [5, 5.41) is 12.3. The minimum absolute atomic E-state index is 0.248. The lowest BCUT2D eigenvalue weighted by atomic mass is 10.2. The molecule has 2 aromatic carbocycles. The Bertz CT molecular complexity index is 946. The molecule has 0 saturated heterocycles. The van der Waals surface area contributed by atoms with E-state index in [1.165, 1.54) is 39.5 Å². The lowest BCUT2D eigenvalue weighted by molar-refractivity contribution is -0.123. The molecule has 0 fully saturated rings. The van der Waals surface area contributed by atoms with Crippen molar-refractivity contribution < 1.29 is 19.1 Å². The number of nitriles is 1. The standard InChI is InChI=1S/C20H20N4O4/c1-13(25)24(17-7-4-15(22)5-8-17)20(26)14(11-21)12-23-16-6-9-18(27-2)19(10-16)28-3/h4-10,12,23H,22H2,1-3H3/b14-12-. The lowest BCUT2D eigenvalue weighted by Gasteiger charge is -2.19. The van der Waals surface area contributed by atoms with E-state index < -0.39 is 11.8 Å². The van der Waals surface area contributed by atoms with Crippen molar-refractivity contribution >= 4 is 28.9 Å². The highest BCUT2D eigenvalue weighted by Crippen LogP contribution is 2.29. The first kappa shape index (κ1) is 20.3. The fourth-order valence-electron chi connectivity index (χ4n) is 2.41. The maximum atomic E-state index is 12.7. The molecule has 0 bridgehead atoms. The van der Waals surface area contributed by atoms with Gasteiger partial charge in [-0.05, 0) is 36.4 Å². The monoisotopic (exact) mass is 380 g/mol. The van der Waals surface area contributed by atoms with Crippen molar-refractivity contribution in [2.24, 2.45) is 0 Å². The van der Waals surface area contributed by atoms with Gasteiger partial charge in [0.1, 0.15) is 11.6 Å². The molecule has 2 amide bonds. The molecule has 2 rings (SSSR count).